The fourth-order valence-electron chi connectivity index (χ4n) is 2.46. The van der Waals surface area contributed by atoms with Gasteiger partial charge in [0, 0.05) is 11.8 Å². The van der Waals surface area contributed by atoms with Crippen LogP contribution in [0.1, 0.15) is 36.8 Å². The van der Waals surface area contributed by atoms with Crippen LogP contribution in [0, 0.1) is 18.3 Å². The van der Waals surface area contributed by atoms with Gasteiger partial charge in [-0.3, -0.25) is 4.79 Å². The second-order valence-corrected chi connectivity index (χ2v) is 5.80. The summed E-state index contributed by atoms with van der Waals surface area (Å²) in [6.45, 7) is 6.69. The Hall–Kier alpha value is -3.20. The molecule has 2 N–H and O–H groups in total. The number of rotatable bonds is 8. The third-order valence-electron chi connectivity index (χ3n) is 3.75. The average molecular weight is 353 g/mol. The zero-order valence-corrected chi connectivity index (χ0v) is 15.2. The van der Waals surface area contributed by atoms with E-state index < -0.39 is 5.91 Å². The van der Waals surface area contributed by atoms with E-state index in [-0.39, 0.29) is 11.6 Å². The number of hydrogen-bond acceptors (Lipinski definition) is 5. The summed E-state index contributed by atoms with van der Waals surface area (Å²) in [6, 6.07) is 11.0. The minimum atomic E-state index is -0.448. The lowest BCUT2D eigenvalue weighted by Gasteiger charge is -2.18. The molecule has 0 aliphatic rings. The third-order valence-corrected chi connectivity index (χ3v) is 3.75. The predicted octanol–water partition coefficient (Wildman–Crippen LogP) is 3.36. The molecule has 1 aromatic carbocycles. The Bertz CT molecular complexity index is 804. The van der Waals surface area contributed by atoms with Crippen LogP contribution in [0.3, 0.4) is 0 Å². The molecule has 1 unspecified atom stereocenters. The van der Waals surface area contributed by atoms with Gasteiger partial charge < -0.3 is 19.8 Å². The van der Waals surface area contributed by atoms with Crippen molar-refractivity contribution in [3.05, 3.63) is 65.3 Å². The second-order valence-electron chi connectivity index (χ2n) is 5.80. The summed E-state index contributed by atoms with van der Waals surface area (Å²) in [5, 5.41) is 15.0. The molecule has 1 atom stereocenters. The Labute approximate surface area is 153 Å². The molecule has 6 heteroatoms. The largest absolute Gasteiger partial charge is 0.494 e. The van der Waals surface area contributed by atoms with Gasteiger partial charge in [-0.25, -0.2) is 0 Å². The number of carbonyl (C=O) groups is 1. The van der Waals surface area contributed by atoms with E-state index in [9.17, 15) is 10.1 Å². The van der Waals surface area contributed by atoms with Gasteiger partial charge in [-0.15, -0.1) is 0 Å². The van der Waals surface area contributed by atoms with Crippen molar-refractivity contribution in [3.8, 4) is 11.8 Å². The number of nitriles is 1. The first-order valence-electron chi connectivity index (χ1n) is 8.45. The molecule has 0 radical (unpaired) electrons. The molecule has 26 heavy (non-hydrogen) atoms. The molecule has 1 amide bonds. The maximum atomic E-state index is 12.4. The van der Waals surface area contributed by atoms with E-state index in [0.717, 1.165) is 16.9 Å². The van der Waals surface area contributed by atoms with Crippen molar-refractivity contribution in [2.45, 2.75) is 33.4 Å². The van der Waals surface area contributed by atoms with E-state index in [2.05, 4.69) is 10.6 Å². The lowest BCUT2D eigenvalue weighted by molar-refractivity contribution is -0.117. The highest BCUT2D eigenvalue weighted by molar-refractivity contribution is 5.97. The van der Waals surface area contributed by atoms with Gasteiger partial charge in [-0.05, 0) is 39.0 Å². The normalized spacial score (nSPS) is 12.2. The first kappa shape index (κ1) is 19.1. The Balaban J connectivity index is 2.04. The van der Waals surface area contributed by atoms with Crippen LogP contribution < -0.4 is 15.4 Å². The number of hydrogen-bond donors (Lipinski definition) is 2. The van der Waals surface area contributed by atoms with Crippen molar-refractivity contribution in [1.29, 1.82) is 5.26 Å². The van der Waals surface area contributed by atoms with Crippen LogP contribution in [-0.4, -0.2) is 12.5 Å². The van der Waals surface area contributed by atoms with E-state index >= 15 is 0 Å². The van der Waals surface area contributed by atoms with E-state index in [0.29, 0.717) is 18.9 Å². The monoisotopic (exact) mass is 353 g/mol. The summed E-state index contributed by atoms with van der Waals surface area (Å²) in [5.41, 5.74) is 1.94. The maximum Gasteiger partial charge on any atom is 0.263 e. The van der Waals surface area contributed by atoms with Gasteiger partial charge in [0.05, 0.1) is 25.5 Å². The molecule has 0 spiro atoms. The summed E-state index contributed by atoms with van der Waals surface area (Å²) < 4.78 is 10.8. The predicted molar refractivity (Wildman–Crippen MR) is 98.1 cm³/mol. The van der Waals surface area contributed by atoms with Gasteiger partial charge in [-0.2, -0.15) is 5.26 Å². The van der Waals surface area contributed by atoms with Crippen molar-refractivity contribution < 1.29 is 13.9 Å². The van der Waals surface area contributed by atoms with Crippen molar-refractivity contribution in [1.82, 2.24) is 10.6 Å². The Morgan fingerprint density at radius 1 is 1.42 bits per heavy atom. The Kier molecular flexibility index (Phi) is 6.86. The number of benzene rings is 1. The minimum absolute atomic E-state index is 0.00554. The number of carbonyl (C=O) groups excluding carboxylic acids is 1. The van der Waals surface area contributed by atoms with Crippen LogP contribution in [-0.2, 0) is 11.3 Å². The lowest BCUT2D eigenvalue weighted by Crippen LogP contribution is -2.28. The maximum absolute atomic E-state index is 12.4. The van der Waals surface area contributed by atoms with Crippen molar-refractivity contribution in [2.24, 2.45) is 0 Å². The highest BCUT2D eigenvalue weighted by atomic mass is 16.5. The third kappa shape index (κ3) is 5.15. The molecule has 2 rings (SSSR count). The first-order chi connectivity index (χ1) is 12.5. The molecule has 0 aliphatic heterocycles. The van der Waals surface area contributed by atoms with Crippen LogP contribution in [0.2, 0.25) is 0 Å². The number of amides is 1. The number of nitrogens with zero attached hydrogens (tertiary/aromatic N) is 1. The molecule has 136 valence electrons. The van der Waals surface area contributed by atoms with E-state index in [1.54, 1.807) is 12.3 Å². The summed E-state index contributed by atoms with van der Waals surface area (Å²) in [7, 11) is 0. The van der Waals surface area contributed by atoms with Crippen LogP contribution in [0.15, 0.2) is 52.8 Å². The molecule has 1 aromatic heterocycles. The zero-order valence-electron chi connectivity index (χ0n) is 15.2. The molecule has 0 saturated heterocycles. The van der Waals surface area contributed by atoms with Gasteiger partial charge in [0.1, 0.15) is 23.2 Å². The lowest BCUT2D eigenvalue weighted by atomic mass is 10.0. The van der Waals surface area contributed by atoms with Crippen molar-refractivity contribution in [2.75, 3.05) is 6.61 Å². The highest BCUT2D eigenvalue weighted by Crippen LogP contribution is 2.26. The highest BCUT2D eigenvalue weighted by Gasteiger charge is 2.17. The van der Waals surface area contributed by atoms with Crippen molar-refractivity contribution >= 4 is 5.91 Å². The number of ether oxygens (including phenoxy) is 1. The van der Waals surface area contributed by atoms with Crippen LogP contribution >= 0.6 is 0 Å². The molecular weight excluding hydrogens is 330 g/mol. The molecule has 6 nitrogen and oxygen atoms in total. The van der Waals surface area contributed by atoms with Gasteiger partial charge >= 0.3 is 0 Å². The number of aryl methyl sites for hydroxylation is 1. The van der Waals surface area contributed by atoms with E-state index in [1.807, 2.05) is 51.1 Å². The first-order valence-corrected chi connectivity index (χ1v) is 8.45. The minimum Gasteiger partial charge on any atom is -0.494 e. The smallest absolute Gasteiger partial charge is 0.263 e. The molecule has 0 bridgehead atoms. The SMILES string of the molecule is CCOc1ccc(C)cc1C(C)NC(=O)/C(C#N)=C\NCc1ccco1. The van der Waals surface area contributed by atoms with Crippen LogP contribution in [0.4, 0.5) is 0 Å². The number of furan rings is 1. The topological polar surface area (TPSA) is 87.3 Å². The molecule has 1 heterocycles. The molecular formula is C20H23N3O3. The molecule has 0 saturated carbocycles. The van der Waals surface area contributed by atoms with E-state index in [4.69, 9.17) is 9.15 Å². The quantitative estimate of drug-likeness (QED) is 0.561. The Morgan fingerprint density at radius 3 is 2.88 bits per heavy atom. The summed E-state index contributed by atoms with van der Waals surface area (Å²) >= 11 is 0. The molecule has 0 fully saturated rings. The van der Waals surface area contributed by atoms with Crippen LogP contribution in [0.25, 0.3) is 0 Å². The summed E-state index contributed by atoms with van der Waals surface area (Å²) in [4.78, 5) is 12.4. The van der Waals surface area contributed by atoms with E-state index in [1.165, 1.54) is 6.20 Å². The Morgan fingerprint density at radius 2 is 2.23 bits per heavy atom. The van der Waals surface area contributed by atoms with Crippen molar-refractivity contribution in [3.63, 3.8) is 0 Å². The van der Waals surface area contributed by atoms with Gasteiger partial charge in [0.2, 0.25) is 0 Å². The number of nitrogens with one attached hydrogen (secondary N) is 2. The second kappa shape index (κ2) is 9.33. The van der Waals surface area contributed by atoms with Gasteiger partial charge in [0.25, 0.3) is 5.91 Å². The summed E-state index contributed by atoms with van der Waals surface area (Å²) in [5.74, 6) is 0.994. The molecule has 0 aliphatic carbocycles. The summed E-state index contributed by atoms with van der Waals surface area (Å²) in [6.07, 6.45) is 2.96. The van der Waals surface area contributed by atoms with Gasteiger partial charge in [-0.1, -0.05) is 17.7 Å². The van der Waals surface area contributed by atoms with Gasteiger partial charge in [0.15, 0.2) is 0 Å². The zero-order chi connectivity index (χ0) is 18.9. The standard InChI is InChI=1S/C20H23N3O3/c1-4-25-19-8-7-14(2)10-18(19)15(3)23-20(24)16(11-21)12-22-13-17-6-5-9-26-17/h5-10,12,15,22H,4,13H2,1-3H3,(H,23,24)/b16-12-. The fourth-order valence-corrected chi connectivity index (χ4v) is 2.46. The van der Waals surface area contributed by atoms with Crippen LogP contribution in [0.5, 0.6) is 5.75 Å². The molecule has 2 aromatic rings. The fraction of sp³-hybridized carbons (Fsp3) is 0.300. The average Bonchev–Trinajstić information content (AvgIpc) is 3.13.